The normalized spacial score (nSPS) is 9.48. The average Bonchev–Trinajstić information content (AvgIpc) is 2.49. The smallest absolute Gasteiger partial charge is 0.259 e. The van der Waals surface area contributed by atoms with Crippen LogP contribution in [0.5, 0.6) is 0 Å². The lowest BCUT2D eigenvalue weighted by Gasteiger charge is -2.08. The summed E-state index contributed by atoms with van der Waals surface area (Å²) >= 11 is 3.21. The highest BCUT2D eigenvalue weighted by Crippen LogP contribution is 2.19. The number of carbonyl (C=O) groups is 1. The van der Waals surface area contributed by atoms with Gasteiger partial charge in [-0.1, -0.05) is 0 Å². The van der Waals surface area contributed by atoms with Crippen molar-refractivity contribution < 1.29 is 4.79 Å². The van der Waals surface area contributed by atoms with Crippen LogP contribution in [-0.2, 0) is 0 Å². The Labute approximate surface area is 129 Å². The van der Waals surface area contributed by atoms with Gasteiger partial charge in [0.1, 0.15) is 18.0 Å². The van der Waals surface area contributed by atoms with Crippen LogP contribution >= 0.6 is 15.9 Å². The number of aromatic nitrogens is 1. The molecule has 0 bridgehead atoms. The molecule has 7 heteroatoms. The summed E-state index contributed by atoms with van der Waals surface area (Å²) in [4.78, 5) is 16.0. The minimum absolute atomic E-state index is 0.102. The lowest BCUT2D eigenvalue weighted by atomic mass is 10.1. The van der Waals surface area contributed by atoms with Crippen molar-refractivity contribution >= 4 is 33.3 Å². The van der Waals surface area contributed by atoms with E-state index in [1.807, 2.05) is 12.1 Å². The van der Waals surface area contributed by atoms with Crippen LogP contribution in [0.1, 0.15) is 21.5 Å². The Morgan fingerprint density at radius 2 is 1.95 bits per heavy atom. The zero-order valence-electron chi connectivity index (χ0n) is 10.6. The van der Waals surface area contributed by atoms with E-state index in [4.69, 9.17) is 16.3 Å². The topological polar surface area (TPSA) is 116 Å². The van der Waals surface area contributed by atoms with Gasteiger partial charge in [0, 0.05) is 16.4 Å². The van der Waals surface area contributed by atoms with E-state index in [1.54, 1.807) is 12.1 Å². The van der Waals surface area contributed by atoms with Gasteiger partial charge >= 0.3 is 0 Å². The highest BCUT2D eigenvalue weighted by atomic mass is 79.9. The molecule has 2 aromatic rings. The van der Waals surface area contributed by atoms with Crippen molar-refractivity contribution in [1.29, 1.82) is 10.5 Å². The SMILES string of the molecule is N#Cc1ccc(NC(=O)c2cc(Br)cnc2N)cc1C#N. The average molecular weight is 342 g/mol. The molecular formula is C14H8BrN5O. The van der Waals surface area contributed by atoms with Crippen LogP contribution in [0.3, 0.4) is 0 Å². The van der Waals surface area contributed by atoms with Gasteiger partial charge in [0.05, 0.1) is 16.7 Å². The molecule has 1 aromatic carbocycles. The van der Waals surface area contributed by atoms with Crippen LogP contribution in [0.25, 0.3) is 0 Å². The van der Waals surface area contributed by atoms with E-state index < -0.39 is 5.91 Å². The molecule has 1 heterocycles. The zero-order valence-corrected chi connectivity index (χ0v) is 12.2. The Balaban J connectivity index is 2.30. The third-order valence-corrected chi connectivity index (χ3v) is 3.08. The first-order valence-electron chi connectivity index (χ1n) is 5.71. The quantitative estimate of drug-likeness (QED) is 0.869. The van der Waals surface area contributed by atoms with Gasteiger partial charge in [-0.05, 0) is 40.2 Å². The number of nitrogens with two attached hydrogens (primary N) is 1. The molecule has 0 aliphatic heterocycles. The van der Waals surface area contributed by atoms with Crippen molar-refractivity contribution in [1.82, 2.24) is 4.98 Å². The number of hydrogen-bond acceptors (Lipinski definition) is 5. The highest BCUT2D eigenvalue weighted by Gasteiger charge is 2.12. The fourth-order valence-corrected chi connectivity index (χ4v) is 1.97. The molecule has 0 aliphatic carbocycles. The van der Waals surface area contributed by atoms with E-state index in [9.17, 15) is 4.79 Å². The molecule has 0 unspecified atom stereocenters. The molecule has 0 fully saturated rings. The second-order valence-corrected chi connectivity index (χ2v) is 4.94. The van der Waals surface area contributed by atoms with Crippen LogP contribution in [0, 0.1) is 22.7 Å². The Hall–Kier alpha value is -2.90. The van der Waals surface area contributed by atoms with Gasteiger partial charge in [-0.25, -0.2) is 4.98 Å². The number of halogens is 1. The number of nitriles is 2. The number of carbonyl (C=O) groups excluding carboxylic acids is 1. The molecular weight excluding hydrogens is 334 g/mol. The van der Waals surface area contributed by atoms with Crippen molar-refractivity contribution in [2.75, 3.05) is 11.1 Å². The maximum atomic E-state index is 12.1. The van der Waals surface area contributed by atoms with E-state index in [2.05, 4.69) is 26.2 Å². The van der Waals surface area contributed by atoms with Gasteiger partial charge in [-0.15, -0.1) is 0 Å². The van der Waals surface area contributed by atoms with Crippen molar-refractivity contribution in [2.45, 2.75) is 0 Å². The Morgan fingerprint density at radius 1 is 1.24 bits per heavy atom. The summed E-state index contributed by atoms with van der Waals surface area (Å²) in [6.45, 7) is 0. The molecule has 0 radical (unpaired) electrons. The zero-order chi connectivity index (χ0) is 15.4. The molecule has 0 aliphatic rings. The van der Waals surface area contributed by atoms with Crippen molar-refractivity contribution in [3.63, 3.8) is 0 Å². The largest absolute Gasteiger partial charge is 0.383 e. The fraction of sp³-hybridized carbons (Fsp3) is 0. The van der Waals surface area contributed by atoms with Crippen LogP contribution in [0.4, 0.5) is 11.5 Å². The number of nitrogens with one attached hydrogen (secondary N) is 1. The Bertz CT molecular complexity index is 804. The Morgan fingerprint density at radius 3 is 2.62 bits per heavy atom. The third kappa shape index (κ3) is 3.16. The number of nitrogens with zero attached hydrogens (tertiary/aromatic N) is 3. The second kappa shape index (κ2) is 6.04. The molecule has 0 atom stereocenters. The lowest BCUT2D eigenvalue weighted by Crippen LogP contribution is -2.15. The van der Waals surface area contributed by atoms with Gasteiger partial charge in [-0.2, -0.15) is 10.5 Å². The highest BCUT2D eigenvalue weighted by molar-refractivity contribution is 9.10. The molecule has 1 aromatic heterocycles. The molecule has 0 saturated carbocycles. The van der Waals surface area contributed by atoms with Crippen molar-refractivity contribution in [3.05, 3.63) is 51.6 Å². The van der Waals surface area contributed by atoms with Crippen LogP contribution in [0.2, 0.25) is 0 Å². The van der Waals surface area contributed by atoms with Gasteiger partial charge in [0.15, 0.2) is 0 Å². The molecule has 3 N–H and O–H groups in total. The standard InChI is InChI=1S/C14H8BrN5O/c15-10-4-12(13(18)19-7-10)14(21)20-11-2-1-8(5-16)9(3-11)6-17/h1-4,7H,(H2,18,19)(H,20,21). The fourth-order valence-electron chi connectivity index (χ4n) is 1.64. The van der Waals surface area contributed by atoms with Crippen molar-refractivity contribution in [3.8, 4) is 12.1 Å². The predicted molar refractivity (Wildman–Crippen MR) is 80.2 cm³/mol. The number of hydrogen-bond donors (Lipinski definition) is 2. The number of anilines is 2. The van der Waals surface area contributed by atoms with E-state index in [-0.39, 0.29) is 22.5 Å². The molecule has 0 saturated heterocycles. The molecule has 1 amide bonds. The van der Waals surface area contributed by atoms with Crippen LogP contribution in [-0.4, -0.2) is 10.9 Å². The van der Waals surface area contributed by atoms with E-state index >= 15 is 0 Å². The van der Waals surface area contributed by atoms with Gasteiger partial charge in [0.25, 0.3) is 5.91 Å². The van der Waals surface area contributed by atoms with Gasteiger partial charge in [-0.3, -0.25) is 4.79 Å². The first kappa shape index (κ1) is 14.5. The molecule has 102 valence electrons. The number of pyridine rings is 1. The minimum Gasteiger partial charge on any atom is -0.383 e. The first-order chi connectivity index (χ1) is 10.0. The van der Waals surface area contributed by atoms with Gasteiger partial charge in [0.2, 0.25) is 0 Å². The van der Waals surface area contributed by atoms with Crippen LogP contribution in [0.15, 0.2) is 34.9 Å². The second-order valence-electron chi connectivity index (χ2n) is 4.02. The number of benzene rings is 1. The van der Waals surface area contributed by atoms with Crippen LogP contribution < -0.4 is 11.1 Å². The summed E-state index contributed by atoms with van der Waals surface area (Å²) in [5, 5.41) is 20.4. The number of rotatable bonds is 2. The molecule has 6 nitrogen and oxygen atoms in total. The predicted octanol–water partition coefficient (Wildman–Crippen LogP) is 2.42. The summed E-state index contributed by atoms with van der Waals surface area (Å²) in [5.74, 6) is -0.347. The summed E-state index contributed by atoms with van der Waals surface area (Å²) < 4.78 is 0.624. The number of nitrogen functional groups attached to an aromatic ring is 1. The van der Waals surface area contributed by atoms with Gasteiger partial charge < -0.3 is 11.1 Å². The van der Waals surface area contributed by atoms with E-state index in [0.717, 1.165) is 0 Å². The summed E-state index contributed by atoms with van der Waals surface area (Å²) in [6.07, 6.45) is 1.49. The van der Waals surface area contributed by atoms with E-state index in [0.29, 0.717) is 10.2 Å². The molecule has 0 spiro atoms. The summed E-state index contributed by atoms with van der Waals surface area (Å²) in [5.41, 5.74) is 6.71. The maximum absolute atomic E-state index is 12.1. The first-order valence-corrected chi connectivity index (χ1v) is 6.51. The molecule has 2 rings (SSSR count). The van der Waals surface area contributed by atoms with E-state index in [1.165, 1.54) is 18.3 Å². The Kier molecular flexibility index (Phi) is 4.17. The lowest BCUT2D eigenvalue weighted by molar-refractivity contribution is 0.102. The molecule has 21 heavy (non-hydrogen) atoms. The summed E-state index contributed by atoms with van der Waals surface area (Å²) in [6, 6.07) is 9.79. The monoisotopic (exact) mass is 341 g/mol. The summed E-state index contributed by atoms with van der Waals surface area (Å²) in [7, 11) is 0. The maximum Gasteiger partial charge on any atom is 0.259 e. The van der Waals surface area contributed by atoms with Crippen molar-refractivity contribution in [2.24, 2.45) is 0 Å². The third-order valence-electron chi connectivity index (χ3n) is 2.65. The minimum atomic E-state index is -0.449. The number of amides is 1.